The van der Waals surface area contributed by atoms with Crippen LogP contribution < -0.4 is 10.6 Å². The van der Waals surface area contributed by atoms with Crippen LogP contribution >= 0.6 is 0 Å². The lowest BCUT2D eigenvalue weighted by atomic mass is 9.97. The Morgan fingerprint density at radius 2 is 2.10 bits per heavy atom. The van der Waals surface area contributed by atoms with Gasteiger partial charge >= 0.3 is 0 Å². The van der Waals surface area contributed by atoms with Crippen molar-refractivity contribution < 1.29 is 0 Å². The number of nitriles is 1. The number of aromatic amines is 1. The Balaban J connectivity index is 1.38. The van der Waals surface area contributed by atoms with Crippen LogP contribution in [0.4, 0.5) is 17.6 Å². The highest BCUT2D eigenvalue weighted by Crippen LogP contribution is 2.37. The van der Waals surface area contributed by atoms with Gasteiger partial charge in [0.25, 0.3) is 0 Å². The Morgan fingerprint density at radius 1 is 1.27 bits per heavy atom. The normalized spacial score (nSPS) is 23.4. The number of rotatable bonds is 6. The topological polar surface area (TPSA) is 118 Å². The predicted molar refractivity (Wildman–Crippen MR) is 114 cm³/mol. The molecule has 2 aliphatic heterocycles. The lowest BCUT2D eigenvalue weighted by Crippen LogP contribution is -2.47. The lowest BCUT2D eigenvalue weighted by molar-refractivity contribution is 0.136. The molecule has 0 amide bonds. The fraction of sp³-hybridized carbons (Fsp3) is 0.476. The number of fused-ring (bicyclic) bond motifs is 3. The van der Waals surface area contributed by atoms with E-state index in [1.54, 1.807) is 6.20 Å². The van der Waals surface area contributed by atoms with Crippen LogP contribution in [0.2, 0.25) is 0 Å². The first-order valence-corrected chi connectivity index (χ1v) is 10.5. The van der Waals surface area contributed by atoms with Gasteiger partial charge in [0, 0.05) is 49.0 Å². The van der Waals surface area contributed by atoms with Crippen molar-refractivity contribution in [2.24, 2.45) is 0 Å². The number of aromatic nitrogens is 5. The number of H-pyrrole nitrogens is 1. The molecule has 0 radical (unpaired) electrons. The molecule has 3 aromatic rings. The maximum Gasteiger partial charge on any atom is 0.232 e. The van der Waals surface area contributed by atoms with Crippen molar-refractivity contribution in [1.82, 2.24) is 30.0 Å². The molecule has 154 valence electrons. The van der Waals surface area contributed by atoms with E-state index in [9.17, 15) is 0 Å². The van der Waals surface area contributed by atoms with Crippen LogP contribution in [-0.2, 0) is 0 Å². The van der Waals surface area contributed by atoms with Gasteiger partial charge in [0.15, 0.2) is 11.5 Å². The molecule has 2 aliphatic rings. The number of piperidine rings is 1. The van der Waals surface area contributed by atoms with Crippen molar-refractivity contribution >= 4 is 28.6 Å². The molecule has 0 saturated carbocycles. The zero-order chi connectivity index (χ0) is 20.5. The molecule has 1 unspecified atom stereocenters. The largest absolute Gasteiger partial charge is 0.366 e. The molecular weight excluding hydrogens is 378 g/mol. The number of nitrogens with one attached hydrogen (secondary N) is 3. The third kappa shape index (κ3) is 3.66. The summed E-state index contributed by atoms with van der Waals surface area (Å²) in [6.45, 7) is 2.83. The summed E-state index contributed by atoms with van der Waals surface area (Å²) in [5.41, 5.74) is 1.62. The van der Waals surface area contributed by atoms with E-state index >= 15 is 0 Å². The van der Waals surface area contributed by atoms with Gasteiger partial charge in [-0.2, -0.15) is 20.3 Å². The molecule has 3 N–H and O–H groups in total. The minimum absolute atomic E-state index is 0.347. The number of anilines is 3. The highest BCUT2D eigenvalue weighted by Gasteiger charge is 2.40. The van der Waals surface area contributed by atoms with E-state index in [0.29, 0.717) is 42.0 Å². The zero-order valence-electron chi connectivity index (χ0n) is 17.0. The van der Waals surface area contributed by atoms with Crippen LogP contribution in [0.15, 0.2) is 24.4 Å². The van der Waals surface area contributed by atoms with Crippen LogP contribution in [-0.4, -0.2) is 54.7 Å². The molecule has 2 saturated heterocycles. The summed E-state index contributed by atoms with van der Waals surface area (Å²) in [4.78, 5) is 16.3. The van der Waals surface area contributed by atoms with Gasteiger partial charge in [0.05, 0.1) is 11.5 Å². The van der Waals surface area contributed by atoms with Gasteiger partial charge in [-0.15, -0.1) is 0 Å². The Bertz CT molecular complexity index is 1070. The molecule has 0 aliphatic carbocycles. The number of hydrogen-bond acceptors (Lipinski definition) is 8. The maximum absolute atomic E-state index is 8.95. The van der Waals surface area contributed by atoms with Crippen LogP contribution in [0.25, 0.3) is 11.0 Å². The van der Waals surface area contributed by atoms with E-state index in [-0.39, 0.29) is 0 Å². The molecular formula is C21H25N9. The number of pyridine rings is 1. The van der Waals surface area contributed by atoms with Gasteiger partial charge in [0.1, 0.15) is 5.82 Å². The van der Waals surface area contributed by atoms with E-state index in [4.69, 9.17) is 10.2 Å². The highest BCUT2D eigenvalue weighted by molar-refractivity contribution is 5.87. The van der Waals surface area contributed by atoms with Gasteiger partial charge in [-0.25, -0.2) is 4.98 Å². The zero-order valence-corrected chi connectivity index (χ0v) is 17.0. The van der Waals surface area contributed by atoms with Gasteiger partial charge in [-0.05, 0) is 44.7 Å². The summed E-state index contributed by atoms with van der Waals surface area (Å²) in [5.74, 6) is 1.96. The first-order valence-electron chi connectivity index (χ1n) is 10.5. The van der Waals surface area contributed by atoms with Crippen molar-refractivity contribution in [3.05, 3.63) is 30.1 Å². The van der Waals surface area contributed by atoms with E-state index < -0.39 is 0 Å². The monoisotopic (exact) mass is 403 g/mol. The quantitative estimate of drug-likeness (QED) is 0.574. The van der Waals surface area contributed by atoms with Crippen LogP contribution in [0, 0.1) is 18.3 Å². The average Bonchev–Trinajstić information content (AvgIpc) is 3.25. The fourth-order valence-electron chi connectivity index (χ4n) is 4.85. The summed E-state index contributed by atoms with van der Waals surface area (Å²) in [6.07, 6.45) is 6.91. The molecule has 5 rings (SSSR count). The fourth-order valence-corrected chi connectivity index (χ4v) is 4.85. The molecule has 2 bridgehead atoms. The Kier molecular flexibility index (Phi) is 4.93. The number of hydrogen-bond donors (Lipinski definition) is 3. The predicted octanol–water partition coefficient (Wildman–Crippen LogP) is 3.12. The standard InChI is InChI=1S/C21H25N9/c1-13-10-18(29-28-13)25-21-26-19-17(4-2-8-23-19)20(27-21)24-14-11-15-5-6-16(12-14)30(15)9-3-7-22/h2,4,8,10,14-16H,3,5-6,9,11-12H2,1H3,(H3,23,24,25,26,27,28,29)/t14?,15-,16+. The summed E-state index contributed by atoms with van der Waals surface area (Å²) in [7, 11) is 0. The number of aryl methyl sites for hydroxylation is 1. The summed E-state index contributed by atoms with van der Waals surface area (Å²) in [5, 5.41) is 23.8. The third-order valence-corrected chi connectivity index (χ3v) is 6.12. The van der Waals surface area contributed by atoms with Gasteiger partial charge in [-0.1, -0.05) is 0 Å². The summed E-state index contributed by atoms with van der Waals surface area (Å²) in [6, 6.07) is 9.55. The lowest BCUT2D eigenvalue weighted by Gasteiger charge is -2.39. The molecule has 3 aromatic heterocycles. The molecule has 9 heteroatoms. The van der Waals surface area contributed by atoms with Gasteiger partial charge in [0.2, 0.25) is 5.95 Å². The molecule has 30 heavy (non-hydrogen) atoms. The summed E-state index contributed by atoms with van der Waals surface area (Å²) >= 11 is 0. The van der Waals surface area contributed by atoms with Crippen molar-refractivity contribution in [2.75, 3.05) is 17.2 Å². The van der Waals surface area contributed by atoms with Crippen molar-refractivity contribution in [1.29, 1.82) is 5.26 Å². The first kappa shape index (κ1) is 18.8. The average molecular weight is 403 g/mol. The van der Waals surface area contributed by atoms with E-state index in [1.165, 1.54) is 12.8 Å². The van der Waals surface area contributed by atoms with E-state index in [0.717, 1.165) is 36.3 Å². The number of nitrogens with zero attached hydrogens (tertiary/aromatic N) is 6. The second-order valence-corrected chi connectivity index (χ2v) is 8.18. The van der Waals surface area contributed by atoms with Crippen molar-refractivity contribution in [3.63, 3.8) is 0 Å². The molecule has 2 fully saturated rings. The minimum atomic E-state index is 0.347. The van der Waals surface area contributed by atoms with Gasteiger partial charge < -0.3 is 10.6 Å². The molecule has 0 aromatic carbocycles. The van der Waals surface area contributed by atoms with Crippen LogP contribution in [0.1, 0.15) is 37.8 Å². The Labute approximate surface area is 174 Å². The SMILES string of the molecule is Cc1cc(Nc2nc(NC3C[C@H]4CC[C@@H](C3)N4CCC#N)c3cccnc3n2)n[nH]1. The Morgan fingerprint density at radius 3 is 2.83 bits per heavy atom. The van der Waals surface area contributed by atoms with Crippen molar-refractivity contribution in [2.45, 2.75) is 57.2 Å². The first-order chi connectivity index (χ1) is 14.7. The van der Waals surface area contributed by atoms with Crippen LogP contribution in [0.5, 0.6) is 0 Å². The van der Waals surface area contributed by atoms with Gasteiger partial charge in [-0.3, -0.25) is 10.00 Å². The molecule has 0 spiro atoms. The summed E-state index contributed by atoms with van der Waals surface area (Å²) < 4.78 is 0. The Hall–Kier alpha value is -3.25. The minimum Gasteiger partial charge on any atom is -0.366 e. The molecule has 3 atom stereocenters. The second kappa shape index (κ2) is 7.88. The molecule has 9 nitrogen and oxygen atoms in total. The van der Waals surface area contributed by atoms with Crippen LogP contribution in [0.3, 0.4) is 0 Å². The molecule has 5 heterocycles. The third-order valence-electron chi connectivity index (χ3n) is 6.12. The smallest absolute Gasteiger partial charge is 0.232 e. The second-order valence-electron chi connectivity index (χ2n) is 8.18. The van der Waals surface area contributed by atoms with E-state index in [1.807, 2.05) is 25.1 Å². The highest BCUT2D eigenvalue weighted by atomic mass is 15.3. The van der Waals surface area contributed by atoms with E-state index in [2.05, 4.69) is 41.8 Å². The maximum atomic E-state index is 8.95. The van der Waals surface area contributed by atoms with Crippen molar-refractivity contribution in [3.8, 4) is 6.07 Å².